The molecule has 100 valence electrons. The molecule has 3 N–H and O–H groups in total. The van der Waals surface area contributed by atoms with Crippen LogP contribution in [0.5, 0.6) is 0 Å². The average Bonchev–Trinajstić information content (AvgIpc) is 2.89. The number of hydrogen-bond acceptors (Lipinski definition) is 4. The fourth-order valence-electron chi connectivity index (χ4n) is 2.32. The molecule has 0 aliphatic carbocycles. The van der Waals surface area contributed by atoms with E-state index in [-0.39, 0.29) is 18.0 Å². The lowest BCUT2D eigenvalue weighted by atomic mass is 10.1. The van der Waals surface area contributed by atoms with E-state index in [2.05, 4.69) is 17.1 Å². The Hall–Kier alpha value is -1.33. The van der Waals surface area contributed by atoms with E-state index in [9.17, 15) is 4.79 Å². The van der Waals surface area contributed by atoms with Crippen LogP contribution in [0.2, 0.25) is 0 Å². The topological polar surface area (TPSA) is 71.5 Å². The van der Waals surface area contributed by atoms with Gasteiger partial charge >= 0.3 is 0 Å². The van der Waals surface area contributed by atoms with Gasteiger partial charge in [-0.3, -0.25) is 9.69 Å². The summed E-state index contributed by atoms with van der Waals surface area (Å²) in [5.41, 5.74) is 5.93. The summed E-state index contributed by atoms with van der Waals surface area (Å²) in [5.74, 6) is 1.25. The second-order valence-corrected chi connectivity index (χ2v) is 5.14. The Morgan fingerprint density at radius 1 is 1.67 bits per heavy atom. The number of carbonyl (C=O) groups excluding carboxylic acids is 1. The standard InChI is InChI=1S/C13H21N3O2/c1-9-6-16(7-11(9)14)8-13(17)15-10(2)12-4-3-5-18-12/h3-5,9-11H,6-8,14H2,1-2H3,(H,15,17). The molecule has 5 nitrogen and oxygen atoms in total. The summed E-state index contributed by atoms with van der Waals surface area (Å²) in [5, 5.41) is 2.92. The zero-order valence-electron chi connectivity index (χ0n) is 10.9. The molecule has 3 unspecified atom stereocenters. The minimum atomic E-state index is -0.0961. The van der Waals surface area contributed by atoms with Crippen LogP contribution in [0.3, 0.4) is 0 Å². The molecular formula is C13H21N3O2. The zero-order chi connectivity index (χ0) is 13.1. The van der Waals surface area contributed by atoms with Gasteiger partial charge in [-0.2, -0.15) is 0 Å². The highest BCUT2D eigenvalue weighted by atomic mass is 16.3. The monoisotopic (exact) mass is 251 g/mol. The van der Waals surface area contributed by atoms with E-state index in [4.69, 9.17) is 10.2 Å². The Morgan fingerprint density at radius 2 is 2.44 bits per heavy atom. The minimum absolute atomic E-state index is 0.0141. The summed E-state index contributed by atoms with van der Waals surface area (Å²) < 4.78 is 5.25. The van der Waals surface area contributed by atoms with Crippen molar-refractivity contribution in [2.45, 2.75) is 25.9 Å². The normalized spacial score (nSPS) is 26.2. The van der Waals surface area contributed by atoms with Crippen LogP contribution in [0.1, 0.15) is 25.6 Å². The van der Waals surface area contributed by atoms with Gasteiger partial charge in [-0.05, 0) is 25.0 Å². The molecule has 2 rings (SSSR count). The number of likely N-dealkylation sites (tertiary alicyclic amines) is 1. The van der Waals surface area contributed by atoms with E-state index >= 15 is 0 Å². The van der Waals surface area contributed by atoms with E-state index < -0.39 is 0 Å². The number of hydrogen-bond donors (Lipinski definition) is 2. The van der Waals surface area contributed by atoms with Gasteiger partial charge in [-0.1, -0.05) is 6.92 Å². The predicted octanol–water partition coefficient (Wildman–Crippen LogP) is 0.736. The fourth-order valence-corrected chi connectivity index (χ4v) is 2.32. The van der Waals surface area contributed by atoms with Crippen molar-refractivity contribution in [3.8, 4) is 0 Å². The van der Waals surface area contributed by atoms with Crippen molar-refractivity contribution in [2.75, 3.05) is 19.6 Å². The molecule has 1 aliphatic rings. The largest absolute Gasteiger partial charge is 0.467 e. The highest BCUT2D eigenvalue weighted by Gasteiger charge is 2.27. The summed E-state index contributed by atoms with van der Waals surface area (Å²) in [6.07, 6.45) is 1.61. The van der Waals surface area contributed by atoms with Crippen molar-refractivity contribution in [2.24, 2.45) is 11.7 Å². The first-order valence-electron chi connectivity index (χ1n) is 6.37. The molecule has 1 saturated heterocycles. The van der Waals surface area contributed by atoms with Gasteiger partial charge < -0.3 is 15.5 Å². The maximum absolute atomic E-state index is 11.9. The van der Waals surface area contributed by atoms with Crippen LogP contribution in [0.25, 0.3) is 0 Å². The van der Waals surface area contributed by atoms with Crippen molar-refractivity contribution in [3.05, 3.63) is 24.2 Å². The number of amides is 1. The third-order valence-corrected chi connectivity index (χ3v) is 3.46. The SMILES string of the molecule is CC(NC(=O)CN1CC(C)C(N)C1)c1ccco1. The summed E-state index contributed by atoms with van der Waals surface area (Å²) in [7, 11) is 0. The molecule has 0 bridgehead atoms. The molecule has 5 heteroatoms. The molecule has 1 fully saturated rings. The van der Waals surface area contributed by atoms with Crippen LogP contribution >= 0.6 is 0 Å². The van der Waals surface area contributed by atoms with Gasteiger partial charge in [-0.15, -0.1) is 0 Å². The lowest BCUT2D eigenvalue weighted by molar-refractivity contribution is -0.122. The molecule has 0 aromatic carbocycles. The quantitative estimate of drug-likeness (QED) is 0.828. The Labute approximate surface area is 107 Å². The molecule has 3 atom stereocenters. The molecule has 0 spiro atoms. The van der Waals surface area contributed by atoms with Gasteiger partial charge in [0.2, 0.25) is 5.91 Å². The number of nitrogens with zero attached hydrogens (tertiary/aromatic N) is 1. The molecule has 1 aromatic rings. The lowest BCUT2D eigenvalue weighted by Crippen LogP contribution is -2.38. The number of nitrogens with one attached hydrogen (secondary N) is 1. The Kier molecular flexibility index (Phi) is 4.04. The number of furan rings is 1. The average molecular weight is 251 g/mol. The Morgan fingerprint density at radius 3 is 3.00 bits per heavy atom. The summed E-state index contributed by atoms with van der Waals surface area (Å²) >= 11 is 0. The second kappa shape index (κ2) is 5.54. The van der Waals surface area contributed by atoms with E-state index in [1.54, 1.807) is 6.26 Å². The van der Waals surface area contributed by atoms with Gasteiger partial charge in [-0.25, -0.2) is 0 Å². The van der Waals surface area contributed by atoms with Crippen molar-refractivity contribution in [1.82, 2.24) is 10.2 Å². The lowest BCUT2D eigenvalue weighted by Gasteiger charge is -2.17. The first kappa shape index (κ1) is 13.1. The number of rotatable bonds is 4. The van der Waals surface area contributed by atoms with Crippen molar-refractivity contribution >= 4 is 5.91 Å². The maximum atomic E-state index is 11.9. The summed E-state index contributed by atoms with van der Waals surface area (Å²) in [6.45, 7) is 6.12. The molecule has 18 heavy (non-hydrogen) atoms. The third-order valence-electron chi connectivity index (χ3n) is 3.46. The number of nitrogens with two attached hydrogens (primary N) is 1. The molecule has 1 aromatic heterocycles. The van der Waals surface area contributed by atoms with Gasteiger partial charge in [0.25, 0.3) is 0 Å². The first-order chi connectivity index (χ1) is 8.56. The van der Waals surface area contributed by atoms with Crippen LogP contribution in [-0.4, -0.2) is 36.5 Å². The minimum Gasteiger partial charge on any atom is -0.467 e. The number of carbonyl (C=O) groups is 1. The maximum Gasteiger partial charge on any atom is 0.234 e. The van der Waals surface area contributed by atoms with E-state index in [0.717, 1.165) is 18.8 Å². The van der Waals surface area contributed by atoms with Gasteiger partial charge in [0.15, 0.2) is 0 Å². The van der Waals surface area contributed by atoms with E-state index in [1.807, 2.05) is 19.1 Å². The Bertz CT molecular complexity index is 381. The smallest absolute Gasteiger partial charge is 0.234 e. The van der Waals surface area contributed by atoms with Gasteiger partial charge in [0, 0.05) is 19.1 Å². The molecule has 2 heterocycles. The zero-order valence-corrected chi connectivity index (χ0v) is 10.9. The van der Waals surface area contributed by atoms with Crippen LogP contribution in [-0.2, 0) is 4.79 Å². The van der Waals surface area contributed by atoms with Gasteiger partial charge in [0.05, 0.1) is 18.8 Å². The van der Waals surface area contributed by atoms with E-state index in [1.165, 1.54) is 0 Å². The van der Waals surface area contributed by atoms with Crippen LogP contribution in [0.15, 0.2) is 22.8 Å². The molecule has 0 radical (unpaired) electrons. The third kappa shape index (κ3) is 3.11. The van der Waals surface area contributed by atoms with Crippen molar-refractivity contribution < 1.29 is 9.21 Å². The summed E-state index contributed by atoms with van der Waals surface area (Å²) in [6, 6.07) is 3.76. The van der Waals surface area contributed by atoms with Crippen molar-refractivity contribution in [3.63, 3.8) is 0 Å². The molecule has 1 amide bonds. The first-order valence-corrected chi connectivity index (χ1v) is 6.37. The fraction of sp³-hybridized carbons (Fsp3) is 0.615. The van der Waals surface area contributed by atoms with Crippen molar-refractivity contribution in [1.29, 1.82) is 0 Å². The predicted molar refractivity (Wildman–Crippen MR) is 68.8 cm³/mol. The van der Waals surface area contributed by atoms with Crippen LogP contribution in [0, 0.1) is 5.92 Å². The van der Waals surface area contributed by atoms with Gasteiger partial charge in [0.1, 0.15) is 5.76 Å². The molecular weight excluding hydrogens is 230 g/mol. The molecule has 1 aliphatic heterocycles. The highest BCUT2D eigenvalue weighted by Crippen LogP contribution is 2.15. The Balaban J connectivity index is 1.79. The van der Waals surface area contributed by atoms with Crippen LogP contribution < -0.4 is 11.1 Å². The second-order valence-electron chi connectivity index (χ2n) is 5.14. The van der Waals surface area contributed by atoms with E-state index in [0.29, 0.717) is 12.5 Å². The van der Waals surface area contributed by atoms with Crippen LogP contribution in [0.4, 0.5) is 0 Å². The highest BCUT2D eigenvalue weighted by molar-refractivity contribution is 5.78. The molecule has 0 saturated carbocycles. The summed E-state index contributed by atoms with van der Waals surface area (Å²) in [4.78, 5) is 14.0.